The minimum atomic E-state index is -0.635. The van der Waals surface area contributed by atoms with Crippen LogP contribution in [0.25, 0.3) is 0 Å². The molecule has 2 rings (SSSR count). The molecule has 0 aromatic heterocycles. The van der Waals surface area contributed by atoms with Crippen molar-refractivity contribution in [2.24, 2.45) is 0 Å². The number of nitrogens with one attached hydrogen (secondary N) is 1. The van der Waals surface area contributed by atoms with E-state index in [9.17, 15) is 14.0 Å². The number of halogens is 1. The smallest absolute Gasteiger partial charge is 0.261 e. The minimum Gasteiger partial charge on any atom is -0.484 e. The highest BCUT2D eigenvalue weighted by Gasteiger charge is 2.28. The first-order valence-electron chi connectivity index (χ1n) is 10.7. The summed E-state index contributed by atoms with van der Waals surface area (Å²) in [5.74, 6) is -0.272. The van der Waals surface area contributed by atoms with Crippen LogP contribution < -0.4 is 10.1 Å². The number of ether oxygens (including phenoxy) is 1. The van der Waals surface area contributed by atoms with Gasteiger partial charge in [0.15, 0.2) is 6.61 Å². The number of rotatable bonds is 9. The number of carbonyl (C=O) groups is 2. The Labute approximate surface area is 184 Å². The van der Waals surface area contributed by atoms with Crippen LogP contribution in [0.15, 0.2) is 48.5 Å². The van der Waals surface area contributed by atoms with Gasteiger partial charge >= 0.3 is 0 Å². The first-order valence-corrected chi connectivity index (χ1v) is 10.7. The lowest BCUT2D eigenvalue weighted by atomic mass is 9.87. The average Bonchev–Trinajstić information content (AvgIpc) is 2.73. The van der Waals surface area contributed by atoms with E-state index in [0.717, 1.165) is 5.56 Å². The number of carbonyl (C=O) groups excluding carboxylic acids is 2. The molecule has 1 N–H and O–H groups in total. The van der Waals surface area contributed by atoms with Gasteiger partial charge in [-0.05, 0) is 54.2 Å². The second-order valence-electron chi connectivity index (χ2n) is 8.53. The number of nitrogens with zero attached hydrogens (tertiary/aromatic N) is 1. The van der Waals surface area contributed by atoms with E-state index in [1.807, 2.05) is 38.1 Å². The van der Waals surface area contributed by atoms with Crippen LogP contribution in [-0.2, 0) is 21.5 Å². The standard InChI is InChI=1S/C25H33FN2O3/c1-6-22(24(30)27-7-2)28(16-18-8-12-20(26)13-9-18)23(29)17-31-21-14-10-19(11-15-21)25(3,4)5/h8-15,22H,6-7,16-17H2,1-5H3,(H,27,30)/t22-/m1/s1. The molecule has 0 unspecified atom stereocenters. The maximum atomic E-state index is 13.3. The molecule has 31 heavy (non-hydrogen) atoms. The van der Waals surface area contributed by atoms with Gasteiger partial charge in [-0.25, -0.2) is 4.39 Å². The first-order chi connectivity index (χ1) is 14.7. The summed E-state index contributed by atoms with van der Waals surface area (Å²) >= 11 is 0. The molecule has 0 aliphatic carbocycles. The number of hydrogen-bond donors (Lipinski definition) is 1. The fourth-order valence-electron chi connectivity index (χ4n) is 3.28. The summed E-state index contributed by atoms with van der Waals surface area (Å²) in [6.45, 7) is 10.6. The normalized spacial score (nSPS) is 12.2. The van der Waals surface area contributed by atoms with Gasteiger partial charge < -0.3 is 15.0 Å². The SMILES string of the molecule is CCNC(=O)[C@@H](CC)N(Cc1ccc(F)cc1)C(=O)COc1ccc(C(C)(C)C)cc1. The molecule has 0 bridgehead atoms. The highest BCUT2D eigenvalue weighted by molar-refractivity contribution is 5.88. The van der Waals surface area contributed by atoms with E-state index in [4.69, 9.17) is 4.74 Å². The number of benzene rings is 2. The summed E-state index contributed by atoms with van der Waals surface area (Å²) < 4.78 is 19.0. The summed E-state index contributed by atoms with van der Waals surface area (Å²) in [7, 11) is 0. The maximum Gasteiger partial charge on any atom is 0.261 e. The van der Waals surface area contributed by atoms with Crippen molar-refractivity contribution in [1.29, 1.82) is 0 Å². The molecule has 168 valence electrons. The van der Waals surface area contributed by atoms with Crippen LogP contribution in [0.5, 0.6) is 5.75 Å². The van der Waals surface area contributed by atoms with Crippen molar-refractivity contribution in [3.8, 4) is 5.75 Å². The Balaban J connectivity index is 2.16. The van der Waals surface area contributed by atoms with Crippen molar-refractivity contribution in [2.45, 2.75) is 59.0 Å². The second kappa shape index (κ2) is 10.9. The zero-order chi connectivity index (χ0) is 23.0. The quantitative estimate of drug-likeness (QED) is 0.642. The lowest BCUT2D eigenvalue weighted by Crippen LogP contribution is -2.50. The van der Waals surface area contributed by atoms with Gasteiger partial charge in [-0.3, -0.25) is 9.59 Å². The van der Waals surface area contributed by atoms with Crippen molar-refractivity contribution in [1.82, 2.24) is 10.2 Å². The zero-order valence-corrected chi connectivity index (χ0v) is 19.1. The molecular weight excluding hydrogens is 395 g/mol. The molecule has 5 nitrogen and oxygen atoms in total. The molecule has 0 radical (unpaired) electrons. The lowest BCUT2D eigenvalue weighted by Gasteiger charge is -2.30. The highest BCUT2D eigenvalue weighted by Crippen LogP contribution is 2.24. The van der Waals surface area contributed by atoms with Crippen LogP contribution in [0, 0.1) is 5.82 Å². The van der Waals surface area contributed by atoms with Gasteiger partial charge in [0.05, 0.1) is 0 Å². The van der Waals surface area contributed by atoms with E-state index in [-0.39, 0.29) is 36.2 Å². The van der Waals surface area contributed by atoms with Crippen LogP contribution in [0.3, 0.4) is 0 Å². The van der Waals surface area contributed by atoms with Gasteiger partial charge in [0.25, 0.3) is 5.91 Å². The van der Waals surface area contributed by atoms with Crippen molar-refractivity contribution in [2.75, 3.05) is 13.2 Å². The average molecular weight is 429 g/mol. The molecule has 2 aromatic rings. The number of hydrogen-bond acceptors (Lipinski definition) is 3. The molecule has 0 aliphatic heterocycles. The molecule has 2 aromatic carbocycles. The summed E-state index contributed by atoms with van der Waals surface area (Å²) in [5, 5.41) is 2.79. The van der Waals surface area contributed by atoms with Crippen molar-refractivity contribution in [3.05, 3.63) is 65.5 Å². The van der Waals surface area contributed by atoms with Crippen molar-refractivity contribution < 1.29 is 18.7 Å². The number of likely N-dealkylation sites (N-methyl/N-ethyl adjacent to an activating group) is 1. The topological polar surface area (TPSA) is 58.6 Å². The first kappa shape index (κ1) is 24.4. The molecule has 0 aliphatic rings. The van der Waals surface area contributed by atoms with E-state index in [1.54, 1.807) is 12.1 Å². The van der Waals surface area contributed by atoms with E-state index < -0.39 is 6.04 Å². The van der Waals surface area contributed by atoms with Gasteiger partial charge in [0, 0.05) is 13.1 Å². The molecule has 2 amide bonds. The molecular formula is C25H33FN2O3. The summed E-state index contributed by atoms with van der Waals surface area (Å²) in [4.78, 5) is 27.1. The largest absolute Gasteiger partial charge is 0.484 e. The van der Waals surface area contributed by atoms with Crippen LogP contribution in [0.4, 0.5) is 4.39 Å². The Kier molecular flexibility index (Phi) is 8.60. The molecule has 6 heteroatoms. The zero-order valence-electron chi connectivity index (χ0n) is 19.1. The fourth-order valence-corrected chi connectivity index (χ4v) is 3.28. The third-order valence-corrected chi connectivity index (χ3v) is 5.09. The summed E-state index contributed by atoms with van der Waals surface area (Å²) in [6.07, 6.45) is 0.457. The predicted molar refractivity (Wildman–Crippen MR) is 120 cm³/mol. The monoisotopic (exact) mass is 428 g/mol. The Hall–Kier alpha value is -2.89. The van der Waals surface area contributed by atoms with Gasteiger partial charge in [0.1, 0.15) is 17.6 Å². The van der Waals surface area contributed by atoms with Crippen LogP contribution in [-0.4, -0.2) is 35.9 Å². The molecule has 0 heterocycles. The van der Waals surface area contributed by atoms with E-state index in [0.29, 0.717) is 18.7 Å². The van der Waals surface area contributed by atoms with Gasteiger partial charge in [-0.1, -0.05) is 52.0 Å². The maximum absolute atomic E-state index is 13.3. The van der Waals surface area contributed by atoms with Gasteiger partial charge in [-0.2, -0.15) is 0 Å². The van der Waals surface area contributed by atoms with Crippen LogP contribution in [0.2, 0.25) is 0 Å². The second-order valence-corrected chi connectivity index (χ2v) is 8.53. The lowest BCUT2D eigenvalue weighted by molar-refractivity contribution is -0.142. The third-order valence-electron chi connectivity index (χ3n) is 5.09. The summed E-state index contributed by atoms with van der Waals surface area (Å²) in [6, 6.07) is 13.0. The van der Waals surface area contributed by atoms with E-state index in [1.165, 1.54) is 22.6 Å². The minimum absolute atomic E-state index is 0.0291. The van der Waals surface area contributed by atoms with Crippen LogP contribution in [0.1, 0.15) is 52.2 Å². The van der Waals surface area contributed by atoms with Crippen molar-refractivity contribution in [3.63, 3.8) is 0 Å². The Morgan fingerprint density at radius 3 is 2.16 bits per heavy atom. The molecule has 1 atom stereocenters. The number of amides is 2. The summed E-state index contributed by atoms with van der Waals surface area (Å²) in [5.41, 5.74) is 1.94. The Bertz CT molecular complexity index is 858. The predicted octanol–water partition coefficient (Wildman–Crippen LogP) is 4.45. The van der Waals surface area contributed by atoms with Gasteiger partial charge in [0.2, 0.25) is 5.91 Å². The Morgan fingerprint density at radius 2 is 1.65 bits per heavy atom. The van der Waals surface area contributed by atoms with Crippen LogP contribution >= 0.6 is 0 Å². The molecule has 0 fully saturated rings. The highest BCUT2D eigenvalue weighted by atomic mass is 19.1. The molecule has 0 spiro atoms. The van der Waals surface area contributed by atoms with E-state index >= 15 is 0 Å². The van der Waals surface area contributed by atoms with Crippen molar-refractivity contribution >= 4 is 11.8 Å². The molecule has 0 saturated carbocycles. The van der Waals surface area contributed by atoms with E-state index in [2.05, 4.69) is 26.1 Å². The fraction of sp³-hybridized carbons (Fsp3) is 0.440. The molecule has 0 saturated heterocycles. The third kappa shape index (κ3) is 7.09. The van der Waals surface area contributed by atoms with Gasteiger partial charge in [-0.15, -0.1) is 0 Å². The Morgan fingerprint density at radius 1 is 1.03 bits per heavy atom.